The zero-order valence-corrected chi connectivity index (χ0v) is 9.73. The van der Waals surface area contributed by atoms with Crippen LogP contribution in [0.4, 0.5) is 0 Å². The van der Waals surface area contributed by atoms with Crippen molar-refractivity contribution in [3.63, 3.8) is 0 Å². The number of hydrogen-bond acceptors (Lipinski definition) is 3. The molecule has 90 valence electrons. The normalized spacial score (nSPS) is 19.6. The number of piperidine rings is 1. The van der Waals surface area contributed by atoms with Crippen molar-refractivity contribution in [1.82, 2.24) is 5.32 Å². The number of rotatable bonds is 2. The summed E-state index contributed by atoms with van der Waals surface area (Å²) in [6, 6.07) is 7.25. The molecular weight excluding hydrogens is 218 g/mol. The third-order valence-corrected chi connectivity index (χ3v) is 2.97. The number of amides is 1. The van der Waals surface area contributed by atoms with Gasteiger partial charge in [-0.3, -0.25) is 4.79 Å². The highest BCUT2D eigenvalue weighted by Gasteiger charge is 2.19. The third-order valence-electron chi connectivity index (χ3n) is 2.97. The Morgan fingerprint density at radius 1 is 1.35 bits per heavy atom. The second-order valence-electron chi connectivity index (χ2n) is 4.13. The number of ether oxygens (including phenoxy) is 1. The standard InChI is InChI=1S/C13H15NO3/c1-17-13(16)10-7-5-9(6-8-10)11-3-2-4-12(15)14-11/h5-8,11H,2-4H2,1H3,(H,14,15). The van der Waals surface area contributed by atoms with Crippen LogP contribution >= 0.6 is 0 Å². The van der Waals surface area contributed by atoms with E-state index < -0.39 is 0 Å². The molecule has 1 saturated heterocycles. The Morgan fingerprint density at radius 2 is 2.06 bits per heavy atom. The van der Waals surface area contributed by atoms with Gasteiger partial charge in [0, 0.05) is 6.42 Å². The number of esters is 1. The van der Waals surface area contributed by atoms with Gasteiger partial charge in [0.1, 0.15) is 0 Å². The first-order chi connectivity index (χ1) is 8.20. The lowest BCUT2D eigenvalue weighted by atomic mass is 9.96. The minimum Gasteiger partial charge on any atom is -0.465 e. The van der Waals surface area contributed by atoms with Gasteiger partial charge in [-0.2, -0.15) is 0 Å². The number of methoxy groups -OCH3 is 1. The van der Waals surface area contributed by atoms with Crippen LogP contribution in [0.3, 0.4) is 0 Å². The maximum Gasteiger partial charge on any atom is 0.337 e. The largest absolute Gasteiger partial charge is 0.465 e. The number of nitrogens with one attached hydrogen (secondary N) is 1. The average Bonchev–Trinajstić information content (AvgIpc) is 2.38. The molecule has 1 aromatic rings. The molecule has 17 heavy (non-hydrogen) atoms. The SMILES string of the molecule is COC(=O)c1ccc(C2CCCC(=O)N2)cc1. The van der Waals surface area contributed by atoms with Crippen LogP contribution in [-0.2, 0) is 9.53 Å². The predicted molar refractivity (Wildman–Crippen MR) is 62.5 cm³/mol. The van der Waals surface area contributed by atoms with E-state index in [1.54, 1.807) is 12.1 Å². The Bertz CT molecular complexity index is 425. The van der Waals surface area contributed by atoms with Crippen molar-refractivity contribution in [2.45, 2.75) is 25.3 Å². The molecule has 1 aliphatic rings. The Morgan fingerprint density at radius 3 is 2.65 bits per heavy atom. The number of benzene rings is 1. The first kappa shape index (κ1) is 11.6. The summed E-state index contributed by atoms with van der Waals surface area (Å²) in [5.74, 6) is -0.248. The second-order valence-corrected chi connectivity index (χ2v) is 4.13. The number of hydrogen-bond donors (Lipinski definition) is 1. The number of carbonyl (C=O) groups excluding carboxylic acids is 2. The highest BCUT2D eigenvalue weighted by Crippen LogP contribution is 2.23. The van der Waals surface area contributed by atoms with Gasteiger partial charge >= 0.3 is 5.97 Å². The van der Waals surface area contributed by atoms with E-state index in [2.05, 4.69) is 10.1 Å². The molecule has 0 aromatic heterocycles. The molecule has 1 atom stereocenters. The predicted octanol–water partition coefficient (Wildman–Crippen LogP) is 1.81. The van der Waals surface area contributed by atoms with Crippen LogP contribution in [0.1, 0.15) is 41.2 Å². The van der Waals surface area contributed by atoms with Crippen molar-refractivity contribution >= 4 is 11.9 Å². The van der Waals surface area contributed by atoms with Crippen LogP contribution in [-0.4, -0.2) is 19.0 Å². The van der Waals surface area contributed by atoms with Crippen LogP contribution in [0, 0.1) is 0 Å². The van der Waals surface area contributed by atoms with Crippen LogP contribution in [0.25, 0.3) is 0 Å². The Balaban J connectivity index is 2.12. The first-order valence-corrected chi connectivity index (χ1v) is 5.68. The van der Waals surface area contributed by atoms with Gasteiger partial charge in [-0.05, 0) is 30.5 Å². The lowest BCUT2D eigenvalue weighted by molar-refractivity contribution is -0.123. The molecule has 0 bridgehead atoms. The summed E-state index contributed by atoms with van der Waals surface area (Å²) in [6.45, 7) is 0. The molecule has 1 amide bonds. The minimum atomic E-state index is -0.343. The molecule has 1 unspecified atom stereocenters. The monoisotopic (exact) mass is 233 g/mol. The van der Waals surface area contributed by atoms with E-state index in [1.807, 2.05) is 12.1 Å². The summed E-state index contributed by atoms with van der Waals surface area (Å²) in [5, 5.41) is 2.94. The van der Waals surface area contributed by atoms with Crippen molar-refractivity contribution in [2.24, 2.45) is 0 Å². The van der Waals surface area contributed by atoms with Crippen molar-refractivity contribution in [3.8, 4) is 0 Å². The number of carbonyl (C=O) groups is 2. The van der Waals surface area contributed by atoms with E-state index in [0.717, 1.165) is 18.4 Å². The second kappa shape index (κ2) is 4.99. The van der Waals surface area contributed by atoms with Gasteiger partial charge in [-0.25, -0.2) is 4.79 Å². The van der Waals surface area contributed by atoms with E-state index in [4.69, 9.17) is 0 Å². The lowest BCUT2D eigenvalue weighted by Crippen LogP contribution is -2.32. The van der Waals surface area contributed by atoms with Crippen LogP contribution in [0.2, 0.25) is 0 Å². The first-order valence-electron chi connectivity index (χ1n) is 5.68. The van der Waals surface area contributed by atoms with E-state index in [9.17, 15) is 9.59 Å². The summed E-state index contributed by atoms with van der Waals surface area (Å²) in [7, 11) is 1.36. The zero-order valence-electron chi connectivity index (χ0n) is 9.73. The van der Waals surface area contributed by atoms with Crippen molar-refractivity contribution in [1.29, 1.82) is 0 Å². The maximum absolute atomic E-state index is 11.3. The summed E-state index contributed by atoms with van der Waals surface area (Å²) in [4.78, 5) is 22.5. The van der Waals surface area contributed by atoms with Crippen LogP contribution in [0.5, 0.6) is 0 Å². The van der Waals surface area contributed by atoms with Crippen molar-refractivity contribution in [3.05, 3.63) is 35.4 Å². The molecule has 0 spiro atoms. The maximum atomic E-state index is 11.3. The highest BCUT2D eigenvalue weighted by atomic mass is 16.5. The summed E-state index contributed by atoms with van der Waals surface area (Å²) < 4.78 is 4.63. The molecule has 0 radical (unpaired) electrons. The fraction of sp³-hybridized carbons (Fsp3) is 0.385. The van der Waals surface area contributed by atoms with Gasteiger partial charge in [0.15, 0.2) is 0 Å². The molecule has 2 rings (SSSR count). The Hall–Kier alpha value is -1.84. The van der Waals surface area contributed by atoms with Crippen LogP contribution in [0.15, 0.2) is 24.3 Å². The topological polar surface area (TPSA) is 55.4 Å². The molecule has 1 heterocycles. The molecule has 1 fully saturated rings. The fourth-order valence-corrected chi connectivity index (χ4v) is 2.02. The van der Waals surface area contributed by atoms with Gasteiger partial charge in [0.2, 0.25) is 5.91 Å². The van der Waals surface area contributed by atoms with Gasteiger partial charge in [-0.1, -0.05) is 12.1 Å². The molecule has 0 aliphatic carbocycles. The van der Waals surface area contributed by atoms with Gasteiger partial charge in [0.25, 0.3) is 0 Å². The summed E-state index contributed by atoms with van der Waals surface area (Å²) in [5.41, 5.74) is 1.56. The van der Waals surface area contributed by atoms with E-state index in [1.165, 1.54) is 7.11 Å². The average molecular weight is 233 g/mol. The van der Waals surface area contributed by atoms with Crippen molar-refractivity contribution in [2.75, 3.05) is 7.11 Å². The fourth-order valence-electron chi connectivity index (χ4n) is 2.02. The summed E-state index contributed by atoms with van der Waals surface area (Å²) >= 11 is 0. The molecule has 1 aliphatic heterocycles. The Kier molecular flexibility index (Phi) is 3.42. The van der Waals surface area contributed by atoms with E-state index in [-0.39, 0.29) is 17.9 Å². The highest BCUT2D eigenvalue weighted by molar-refractivity contribution is 5.89. The van der Waals surface area contributed by atoms with E-state index in [0.29, 0.717) is 12.0 Å². The molecule has 1 aromatic carbocycles. The molecule has 1 N–H and O–H groups in total. The molecule has 4 nitrogen and oxygen atoms in total. The smallest absolute Gasteiger partial charge is 0.337 e. The van der Waals surface area contributed by atoms with Gasteiger partial charge < -0.3 is 10.1 Å². The zero-order chi connectivity index (χ0) is 12.3. The van der Waals surface area contributed by atoms with Crippen molar-refractivity contribution < 1.29 is 14.3 Å². The quantitative estimate of drug-likeness (QED) is 0.793. The molecule has 4 heteroatoms. The lowest BCUT2D eigenvalue weighted by Gasteiger charge is -2.23. The minimum absolute atomic E-state index is 0.0722. The van der Waals surface area contributed by atoms with Gasteiger partial charge in [0.05, 0.1) is 18.7 Å². The summed E-state index contributed by atoms with van der Waals surface area (Å²) in [6.07, 6.45) is 2.47. The molecular formula is C13H15NO3. The Labute approximate surface area is 100.0 Å². The van der Waals surface area contributed by atoms with E-state index >= 15 is 0 Å². The van der Waals surface area contributed by atoms with Gasteiger partial charge in [-0.15, -0.1) is 0 Å². The molecule has 0 saturated carbocycles. The third kappa shape index (κ3) is 2.64. The van der Waals surface area contributed by atoms with Crippen LogP contribution < -0.4 is 5.32 Å².